The van der Waals surface area contributed by atoms with Crippen molar-refractivity contribution in [3.8, 4) is 0 Å². The van der Waals surface area contributed by atoms with Crippen LogP contribution in [-0.4, -0.2) is 25.1 Å². The Hall–Kier alpha value is -1.73. The molecule has 1 aromatic carbocycles. The Labute approximate surface area is 124 Å². The van der Waals surface area contributed by atoms with Crippen molar-refractivity contribution in [2.75, 3.05) is 6.54 Å². The Morgan fingerprint density at radius 3 is 2.43 bits per heavy atom. The normalized spacial score (nSPS) is 12.0. The molecule has 0 radical (unpaired) electrons. The van der Waals surface area contributed by atoms with Crippen LogP contribution in [0.3, 0.4) is 0 Å². The molecule has 2 rings (SSSR count). The zero-order valence-corrected chi connectivity index (χ0v) is 13.1. The van der Waals surface area contributed by atoms with Gasteiger partial charge in [-0.25, -0.2) is 13.1 Å². The first-order chi connectivity index (χ1) is 9.88. The first-order valence-corrected chi connectivity index (χ1v) is 8.25. The van der Waals surface area contributed by atoms with Crippen LogP contribution in [0.1, 0.15) is 37.0 Å². The molecular weight excluding hydrogens is 290 g/mol. The van der Waals surface area contributed by atoms with Crippen molar-refractivity contribution >= 4 is 10.0 Å². The topological polar surface area (TPSA) is 85.1 Å². The van der Waals surface area contributed by atoms with Crippen molar-refractivity contribution in [3.05, 3.63) is 41.5 Å². The molecule has 0 aliphatic heterocycles. The lowest BCUT2D eigenvalue weighted by atomic mass is 10.0. The maximum absolute atomic E-state index is 12.1. The quantitative estimate of drug-likeness (QED) is 0.882. The van der Waals surface area contributed by atoms with Gasteiger partial charge in [-0.3, -0.25) is 0 Å². The second kappa shape index (κ2) is 6.36. The highest BCUT2D eigenvalue weighted by Crippen LogP contribution is 2.17. The zero-order valence-electron chi connectivity index (χ0n) is 12.3. The van der Waals surface area contributed by atoms with Crippen LogP contribution < -0.4 is 4.72 Å². The number of hydrogen-bond acceptors (Lipinski definition) is 5. The van der Waals surface area contributed by atoms with E-state index in [9.17, 15) is 8.42 Å². The molecule has 0 atom stereocenters. The number of rotatable bonds is 6. The largest absolute Gasteiger partial charge is 0.339 e. The van der Waals surface area contributed by atoms with Gasteiger partial charge in [0.05, 0.1) is 4.90 Å². The van der Waals surface area contributed by atoms with Gasteiger partial charge in [-0.1, -0.05) is 31.1 Å². The minimum atomic E-state index is -3.51. The summed E-state index contributed by atoms with van der Waals surface area (Å²) in [6, 6.07) is 6.91. The molecule has 1 heterocycles. The molecule has 114 valence electrons. The van der Waals surface area contributed by atoms with Crippen LogP contribution in [0.2, 0.25) is 0 Å². The Bertz CT molecular complexity index is 691. The van der Waals surface area contributed by atoms with Crippen molar-refractivity contribution in [1.29, 1.82) is 0 Å². The SMILES string of the molecule is Cc1noc(CCNS(=O)(=O)c2ccc(C(C)C)cc2)n1. The van der Waals surface area contributed by atoms with Gasteiger partial charge in [0, 0.05) is 13.0 Å². The lowest BCUT2D eigenvalue weighted by molar-refractivity contribution is 0.375. The van der Waals surface area contributed by atoms with E-state index in [1.54, 1.807) is 19.1 Å². The van der Waals surface area contributed by atoms with E-state index < -0.39 is 10.0 Å². The third-order valence-electron chi connectivity index (χ3n) is 3.06. The summed E-state index contributed by atoms with van der Waals surface area (Å²) in [5, 5.41) is 3.65. The van der Waals surface area contributed by atoms with Crippen molar-refractivity contribution in [2.24, 2.45) is 0 Å². The van der Waals surface area contributed by atoms with Crippen LogP contribution in [0.15, 0.2) is 33.7 Å². The number of hydrogen-bond donors (Lipinski definition) is 1. The molecule has 0 saturated carbocycles. The standard InChI is InChI=1S/C14H19N3O3S/c1-10(2)12-4-6-13(7-5-12)21(18,19)15-9-8-14-16-11(3)17-20-14/h4-7,10,15H,8-9H2,1-3H3. The fraction of sp³-hybridized carbons (Fsp3) is 0.429. The van der Waals surface area contributed by atoms with Gasteiger partial charge in [0.2, 0.25) is 15.9 Å². The lowest BCUT2D eigenvalue weighted by Gasteiger charge is -2.08. The molecule has 6 nitrogen and oxygen atoms in total. The van der Waals surface area contributed by atoms with Crippen LogP contribution in [0, 0.1) is 6.92 Å². The number of aryl methyl sites for hydroxylation is 1. The summed E-state index contributed by atoms with van der Waals surface area (Å²) < 4.78 is 31.7. The highest BCUT2D eigenvalue weighted by Gasteiger charge is 2.14. The summed E-state index contributed by atoms with van der Waals surface area (Å²) in [5.41, 5.74) is 1.11. The fourth-order valence-corrected chi connectivity index (χ4v) is 2.88. The smallest absolute Gasteiger partial charge is 0.240 e. The molecule has 0 fully saturated rings. The number of nitrogens with zero attached hydrogens (tertiary/aromatic N) is 2. The summed E-state index contributed by atoms with van der Waals surface area (Å²) in [5.74, 6) is 1.33. The van der Waals surface area contributed by atoms with Gasteiger partial charge in [0.25, 0.3) is 0 Å². The molecule has 0 unspecified atom stereocenters. The van der Waals surface area contributed by atoms with E-state index in [0.29, 0.717) is 24.1 Å². The highest BCUT2D eigenvalue weighted by atomic mass is 32.2. The van der Waals surface area contributed by atoms with Crippen LogP contribution in [0.25, 0.3) is 0 Å². The van der Waals surface area contributed by atoms with Crippen LogP contribution in [0.4, 0.5) is 0 Å². The van der Waals surface area contributed by atoms with Gasteiger partial charge in [-0.05, 0) is 30.5 Å². The van der Waals surface area contributed by atoms with Crippen LogP contribution in [-0.2, 0) is 16.4 Å². The Morgan fingerprint density at radius 2 is 1.90 bits per heavy atom. The summed E-state index contributed by atoms with van der Waals surface area (Å²) >= 11 is 0. The monoisotopic (exact) mass is 309 g/mol. The molecule has 1 N–H and O–H groups in total. The van der Waals surface area contributed by atoms with Crippen molar-refractivity contribution < 1.29 is 12.9 Å². The van der Waals surface area contributed by atoms with E-state index in [4.69, 9.17) is 4.52 Å². The van der Waals surface area contributed by atoms with E-state index in [-0.39, 0.29) is 11.4 Å². The minimum absolute atomic E-state index is 0.218. The number of benzene rings is 1. The molecule has 1 aromatic heterocycles. The molecule has 0 spiro atoms. The van der Waals surface area contributed by atoms with E-state index in [2.05, 4.69) is 28.7 Å². The Morgan fingerprint density at radius 1 is 1.24 bits per heavy atom. The molecule has 7 heteroatoms. The average Bonchev–Trinajstić information content (AvgIpc) is 2.84. The highest BCUT2D eigenvalue weighted by molar-refractivity contribution is 7.89. The maximum atomic E-state index is 12.1. The molecule has 0 aliphatic rings. The van der Waals surface area contributed by atoms with Gasteiger partial charge >= 0.3 is 0 Å². The fourth-order valence-electron chi connectivity index (χ4n) is 1.85. The maximum Gasteiger partial charge on any atom is 0.240 e. The molecule has 0 aliphatic carbocycles. The van der Waals surface area contributed by atoms with Gasteiger partial charge < -0.3 is 4.52 Å². The third-order valence-corrected chi connectivity index (χ3v) is 4.53. The molecule has 2 aromatic rings. The van der Waals surface area contributed by atoms with Gasteiger partial charge in [0.15, 0.2) is 5.82 Å². The second-order valence-electron chi connectivity index (χ2n) is 5.11. The number of sulfonamides is 1. The number of aromatic nitrogens is 2. The van der Waals surface area contributed by atoms with Crippen molar-refractivity contribution in [3.63, 3.8) is 0 Å². The van der Waals surface area contributed by atoms with E-state index >= 15 is 0 Å². The zero-order chi connectivity index (χ0) is 15.5. The summed E-state index contributed by atoms with van der Waals surface area (Å²) in [4.78, 5) is 4.28. The average molecular weight is 309 g/mol. The lowest BCUT2D eigenvalue weighted by Crippen LogP contribution is -2.26. The Balaban J connectivity index is 1.97. The first-order valence-electron chi connectivity index (χ1n) is 6.77. The molecule has 21 heavy (non-hydrogen) atoms. The summed E-state index contributed by atoms with van der Waals surface area (Å²) in [7, 11) is -3.51. The summed E-state index contributed by atoms with van der Waals surface area (Å²) in [6.45, 7) is 6.06. The van der Waals surface area contributed by atoms with Crippen molar-refractivity contribution in [1.82, 2.24) is 14.9 Å². The molecule has 0 amide bonds. The first kappa shape index (κ1) is 15.7. The van der Waals surface area contributed by atoms with E-state index in [1.807, 2.05) is 12.1 Å². The Kier molecular flexibility index (Phi) is 4.74. The van der Waals surface area contributed by atoms with E-state index in [1.165, 1.54) is 0 Å². The van der Waals surface area contributed by atoms with Crippen LogP contribution in [0.5, 0.6) is 0 Å². The predicted molar refractivity (Wildman–Crippen MR) is 78.5 cm³/mol. The number of nitrogens with one attached hydrogen (secondary N) is 1. The molecular formula is C14H19N3O3S. The van der Waals surface area contributed by atoms with Crippen LogP contribution >= 0.6 is 0 Å². The molecule has 0 saturated heterocycles. The predicted octanol–water partition coefficient (Wildman–Crippen LogP) is 2.02. The van der Waals surface area contributed by atoms with Gasteiger partial charge in [0.1, 0.15) is 0 Å². The third kappa shape index (κ3) is 4.12. The molecule has 0 bridgehead atoms. The second-order valence-corrected chi connectivity index (χ2v) is 6.87. The van der Waals surface area contributed by atoms with E-state index in [0.717, 1.165) is 5.56 Å². The van der Waals surface area contributed by atoms with Crippen molar-refractivity contribution in [2.45, 2.75) is 38.0 Å². The van der Waals surface area contributed by atoms with Gasteiger partial charge in [-0.2, -0.15) is 4.98 Å². The minimum Gasteiger partial charge on any atom is -0.339 e. The summed E-state index contributed by atoms with van der Waals surface area (Å²) in [6.07, 6.45) is 0.365. The van der Waals surface area contributed by atoms with Gasteiger partial charge in [-0.15, -0.1) is 0 Å².